The fraction of sp³-hybridized carbons (Fsp3) is 0.767. The summed E-state index contributed by atoms with van der Waals surface area (Å²) in [6, 6.07) is 3.06. The van der Waals surface area contributed by atoms with Crippen LogP contribution in [0.25, 0.3) is 0 Å². The van der Waals surface area contributed by atoms with Crippen molar-refractivity contribution in [1.29, 1.82) is 0 Å². The number of ether oxygens (including phenoxy) is 3. The number of hydrogen-bond donors (Lipinski definition) is 0. The van der Waals surface area contributed by atoms with Crippen molar-refractivity contribution in [2.45, 2.75) is 118 Å². The zero-order valence-corrected chi connectivity index (χ0v) is 23.1. The first-order chi connectivity index (χ1) is 16.6. The number of aryl methyl sites for hydroxylation is 1. The van der Waals surface area contributed by atoms with Gasteiger partial charge in [-0.25, -0.2) is 9.18 Å². The van der Waals surface area contributed by atoms with E-state index in [9.17, 15) is 9.18 Å². The van der Waals surface area contributed by atoms with E-state index in [1.165, 1.54) is 51.0 Å². The minimum atomic E-state index is -0.510. The van der Waals surface area contributed by atoms with Crippen molar-refractivity contribution in [3.8, 4) is 11.5 Å². The van der Waals surface area contributed by atoms with E-state index in [1.807, 2.05) is 0 Å². The van der Waals surface area contributed by atoms with Gasteiger partial charge in [-0.2, -0.15) is 0 Å². The summed E-state index contributed by atoms with van der Waals surface area (Å²) in [5.41, 5.74) is 0.663. The van der Waals surface area contributed by atoms with Gasteiger partial charge in [-0.1, -0.05) is 72.6 Å². The maximum absolute atomic E-state index is 14.5. The Bertz CT molecular complexity index is 778. The maximum Gasteiger partial charge on any atom is 0.344 e. The predicted molar refractivity (Wildman–Crippen MR) is 141 cm³/mol. The van der Waals surface area contributed by atoms with Crippen molar-refractivity contribution in [2.24, 2.45) is 17.8 Å². The van der Waals surface area contributed by atoms with Gasteiger partial charge < -0.3 is 14.2 Å². The molecule has 0 aromatic heterocycles. The number of esters is 1. The normalized spacial score (nSPS) is 19.1. The second kappa shape index (κ2) is 14.7. The van der Waals surface area contributed by atoms with Gasteiger partial charge in [-0.05, 0) is 68.9 Å². The molecule has 2 rings (SSSR count). The van der Waals surface area contributed by atoms with Gasteiger partial charge in [0.05, 0.1) is 6.61 Å². The number of benzene rings is 1. The van der Waals surface area contributed by atoms with E-state index >= 15 is 0 Å². The molecule has 4 nitrogen and oxygen atoms in total. The van der Waals surface area contributed by atoms with Crippen molar-refractivity contribution in [3.63, 3.8) is 0 Å². The third kappa shape index (κ3) is 10.8. The standard InChI is InChI=1S/C30H49FO4/c1-7-33-29(32)21-34-28-19-25-16-18-30(6,35-27(25)20-26(28)31)17-10-15-24(5)14-9-13-23(4)12-8-11-22(2)3/h19-20,22-24H,7-18,21H2,1-6H3. The third-order valence-electron chi connectivity index (χ3n) is 7.32. The van der Waals surface area contributed by atoms with E-state index in [2.05, 4.69) is 34.6 Å². The summed E-state index contributed by atoms with van der Waals surface area (Å²) in [5.74, 6) is 2.05. The summed E-state index contributed by atoms with van der Waals surface area (Å²) in [7, 11) is 0. The molecule has 1 aliphatic heterocycles. The molecule has 0 bridgehead atoms. The highest BCUT2D eigenvalue weighted by atomic mass is 19.1. The van der Waals surface area contributed by atoms with E-state index in [0.717, 1.165) is 49.0 Å². The van der Waals surface area contributed by atoms with Crippen LogP contribution in [-0.4, -0.2) is 24.8 Å². The SMILES string of the molecule is CCOC(=O)COc1cc2c(cc1F)OC(C)(CCCC(C)CCCC(C)CCCC(C)C)CC2. The predicted octanol–water partition coefficient (Wildman–Crippen LogP) is 8.29. The minimum Gasteiger partial charge on any atom is -0.487 e. The smallest absolute Gasteiger partial charge is 0.344 e. The molecule has 1 heterocycles. The number of rotatable bonds is 16. The molecule has 0 saturated heterocycles. The molecule has 0 aliphatic carbocycles. The molecular formula is C30H49FO4. The summed E-state index contributed by atoms with van der Waals surface area (Å²) in [6.07, 6.45) is 13.1. The molecule has 0 fully saturated rings. The Balaban J connectivity index is 1.72. The van der Waals surface area contributed by atoms with Gasteiger partial charge in [0.2, 0.25) is 0 Å². The molecular weight excluding hydrogens is 443 g/mol. The van der Waals surface area contributed by atoms with Gasteiger partial charge in [0.15, 0.2) is 18.2 Å². The Kier molecular flexibility index (Phi) is 12.4. The number of carbonyl (C=O) groups is 1. The Labute approximate surface area is 213 Å². The fourth-order valence-corrected chi connectivity index (χ4v) is 5.01. The van der Waals surface area contributed by atoms with E-state index < -0.39 is 11.8 Å². The van der Waals surface area contributed by atoms with E-state index in [-0.39, 0.29) is 24.6 Å². The molecule has 0 radical (unpaired) electrons. The van der Waals surface area contributed by atoms with Crippen molar-refractivity contribution in [2.75, 3.05) is 13.2 Å². The molecule has 3 atom stereocenters. The van der Waals surface area contributed by atoms with Crippen LogP contribution in [0.3, 0.4) is 0 Å². The summed E-state index contributed by atoms with van der Waals surface area (Å²) in [4.78, 5) is 11.5. The quantitative estimate of drug-likeness (QED) is 0.218. The highest BCUT2D eigenvalue weighted by Gasteiger charge is 2.32. The lowest BCUT2D eigenvalue weighted by Crippen LogP contribution is -2.36. The van der Waals surface area contributed by atoms with Gasteiger partial charge in [0.25, 0.3) is 0 Å². The molecule has 0 N–H and O–H groups in total. The van der Waals surface area contributed by atoms with Crippen LogP contribution in [0, 0.1) is 23.6 Å². The lowest BCUT2D eigenvalue weighted by atomic mass is 9.86. The van der Waals surface area contributed by atoms with Crippen LogP contribution in [0.5, 0.6) is 11.5 Å². The molecule has 1 aromatic carbocycles. The average Bonchev–Trinajstić information content (AvgIpc) is 2.77. The maximum atomic E-state index is 14.5. The van der Waals surface area contributed by atoms with Gasteiger partial charge in [-0.3, -0.25) is 0 Å². The lowest BCUT2D eigenvalue weighted by Gasteiger charge is -2.36. The first-order valence-corrected chi connectivity index (χ1v) is 13.9. The molecule has 35 heavy (non-hydrogen) atoms. The van der Waals surface area contributed by atoms with Crippen LogP contribution in [0.2, 0.25) is 0 Å². The van der Waals surface area contributed by atoms with Gasteiger partial charge in [0.1, 0.15) is 11.4 Å². The molecule has 0 amide bonds. The third-order valence-corrected chi connectivity index (χ3v) is 7.32. The first-order valence-electron chi connectivity index (χ1n) is 13.9. The van der Waals surface area contributed by atoms with Crippen LogP contribution in [0.1, 0.15) is 111 Å². The van der Waals surface area contributed by atoms with Gasteiger partial charge >= 0.3 is 5.97 Å². The molecule has 0 saturated carbocycles. The van der Waals surface area contributed by atoms with Crippen molar-refractivity contribution in [3.05, 3.63) is 23.5 Å². The summed E-state index contributed by atoms with van der Waals surface area (Å²) >= 11 is 0. The van der Waals surface area contributed by atoms with Crippen LogP contribution in [0.4, 0.5) is 4.39 Å². The van der Waals surface area contributed by atoms with Crippen LogP contribution < -0.4 is 9.47 Å². The number of carbonyl (C=O) groups excluding carboxylic acids is 1. The van der Waals surface area contributed by atoms with Gasteiger partial charge in [0, 0.05) is 6.07 Å². The highest BCUT2D eigenvalue weighted by Crippen LogP contribution is 2.39. The second-order valence-corrected chi connectivity index (χ2v) is 11.4. The van der Waals surface area contributed by atoms with E-state index in [4.69, 9.17) is 14.2 Å². The number of fused-ring (bicyclic) bond motifs is 1. The minimum absolute atomic E-state index is 0.0760. The van der Waals surface area contributed by atoms with E-state index in [1.54, 1.807) is 13.0 Å². The number of halogens is 1. The van der Waals surface area contributed by atoms with Crippen molar-refractivity contribution < 1.29 is 23.4 Å². The highest BCUT2D eigenvalue weighted by molar-refractivity contribution is 5.71. The Morgan fingerprint density at radius 1 is 1.03 bits per heavy atom. The molecule has 3 unspecified atom stereocenters. The van der Waals surface area contributed by atoms with E-state index in [0.29, 0.717) is 5.75 Å². The Hall–Kier alpha value is -1.78. The zero-order chi connectivity index (χ0) is 25.8. The van der Waals surface area contributed by atoms with Crippen LogP contribution >= 0.6 is 0 Å². The molecule has 200 valence electrons. The van der Waals surface area contributed by atoms with Crippen molar-refractivity contribution in [1.82, 2.24) is 0 Å². The molecule has 1 aliphatic rings. The van der Waals surface area contributed by atoms with Gasteiger partial charge in [-0.15, -0.1) is 0 Å². The largest absolute Gasteiger partial charge is 0.487 e. The average molecular weight is 493 g/mol. The molecule has 1 aromatic rings. The zero-order valence-electron chi connectivity index (χ0n) is 23.1. The second-order valence-electron chi connectivity index (χ2n) is 11.4. The molecule has 5 heteroatoms. The van der Waals surface area contributed by atoms with Crippen LogP contribution in [0.15, 0.2) is 12.1 Å². The Morgan fingerprint density at radius 3 is 2.29 bits per heavy atom. The van der Waals surface area contributed by atoms with Crippen molar-refractivity contribution >= 4 is 5.97 Å². The summed E-state index contributed by atoms with van der Waals surface area (Å²) < 4.78 is 31.0. The Morgan fingerprint density at radius 2 is 1.66 bits per heavy atom. The first kappa shape index (κ1) is 29.5. The molecule has 0 spiro atoms. The number of hydrogen-bond acceptors (Lipinski definition) is 4. The van der Waals surface area contributed by atoms with Crippen LogP contribution in [-0.2, 0) is 16.0 Å². The fourth-order valence-electron chi connectivity index (χ4n) is 5.01. The lowest BCUT2D eigenvalue weighted by molar-refractivity contribution is -0.145. The summed E-state index contributed by atoms with van der Waals surface area (Å²) in [5, 5.41) is 0. The monoisotopic (exact) mass is 492 g/mol. The topological polar surface area (TPSA) is 44.8 Å². The summed E-state index contributed by atoms with van der Waals surface area (Å²) in [6.45, 7) is 13.2.